The Hall–Kier alpha value is -1.32. The summed E-state index contributed by atoms with van der Waals surface area (Å²) in [7, 11) is 0. The second-order valence-electron chi connectivity index (χ2n) is 5.38. The zero-order valence-corrected chi connectivity index (χ0v) is 11.7. The van der Waals surface area contributed by atoms with Crippen LogP contribution in [0.2, 0.25) is 0 Å². The molecule has 1 aromatic rings. The number of aromatic nitrogens is 2. The summed E-state index contributed by atoms with van der Waals surface area (Å²) in [6.45, 7) is 9.95. The highest BCUT2D eigenvalue weighted by molar-refractivity contribution is 5.44. The zero-order valence-electron chi connectivity index (χ0n) is 11.7. The molecule has 0 bridgehead atoms. The maximum Gasteiger partial charge on any atom is 0.149 e. The van der Waals surface area contributed by atoms with Crippen molar-refractivity contribution in [3.05, 3.63) is 12.4 Å². The molecule has 2 rings (SSSR count). The van der Waals surface area contributed by atoms with E-state index in [-0.39, 0.29) is 0 Å². The maximum atomic E-state index is 4.65. The van der Waals surface area contributed by atoms with E-state index in [1.807, 2.05) is 6.20 Å². The minimum absolute atomic E-state index is 0.729. The van der Waals surface area contributed by atoms with Gasteiger partial charge in [-0.1, -0.05) is 20.8 Å². The minimum Gasteiger partial charge on any atom is -0.369 e. The smallest absolute Gasteiger partial charge is 0.149 e. The molecule has 0 radical (unpaired) electrons. The van der Waals surface area contributed by atoms with Gasteiger partial charge in [-0.2, -0.15) is 0 Å². The summed E-state index contributed by atoms with van der Waals surface area (Å²) in [5, 5.41) is 3.29. The Morgan fingerprint density at radius 1 is 1.33 bits per heavy atom. The lowest BCUT2D eigenvalue weighted by molar-refractivity contribution is 0.322. The van der Waals surface area contributed by atoms with E-state index in [0.29, 0.717) is 0 Å². The Bertz CT molecular complexity index is 380. The number of anilines is 2. The third-order valence-corrected chi connectivity index (χ3v) is 3.84. The number of hydrogen-bond acceptors (Lipinski definition) is 4. The third-order valence-electron chi connectivity index (χ3n) is 3.84. The van der Waals surface area contributed by atoms with E-state index < -0.39 is 0 Å². The fraction of sp³-hybridized carbons (Fsp3) is 0.714. The van der Waals surface area contributed by atoms with Crippen LogP contribution >= 0.6 is 0 Å². The highest BCUT2D eigenvalue weighted by Gasteiger charge is 2.23. The van der Waals surface area contributed by atoms with E-state index >= 15 is 0 Å². The van der Waals surface area contributed by atoms with Crippen molar-refractivity contribution in [2.75, 3.05) is 29.9 Å². The summed E-state index contributed by atoms with van der Waals surface area (Å²) in [6.07, 6.45) is 6.02. The second-order valence-corrected chi connectivity index (χ2v) is 5.38. The van der Waals surface area contributed by atoms with Gasteiger partial charge in [0.15, 0.2) is 0 Å². The van der Waals surface area contributed by atoms with Gasteiger partial charge in [-0.05, 0) is 24.7 Å². The van der Waals surface area contributed by atoms with Crippen molar-refractivity contribution in [1.82, 2.24) is 9.97 Å². The standard InChI is InChI=1S/C14H24N4/c1-4-6-16-13-8-15-9-14(17-13)18-7-5-11(2)12(3)10-18/h8-9,11-12H,4-7,10H2,1-3H3,(H,16,17). The molecule has 2 unspecified atom stereocenters. The number of rotatable bonds is 4. The van der Waals surface area contributed by atoms with Gasteiger partial charge in [-0.3, -0.25) is 4.98 Å². The largest absolute Gasteiger partial charge is 0.369 e. The third kappa shape index (κ3) is 3.12. The van der Waals surface area contributed by atoms with E-state index in [1.54, 1.807) is 6.20 Å². The van der Waals surface area contributed by atoms with Gasteiger partial charge >= 0.3 is 0 Å². The molecule has 1 saturated heterocycles. The van der Waals surface area contributed by atoms with Crippen molar-refractivity contribution in [1.29, 1.82) is 0 Å². The van der Waals surface area contributed by atoms with Gasteiger partial charge in [-0.15, -0.1) is 0 Å². The van der Waals surface area contributed by atoms with Crippen molar-refractivity contribution in [2.24, 2.45) is 11.8 Å². The lowest BCUT2D eigenvalue weighted by Crippen LogP contribution is -2.39. The molecule has 2 atom stereocenters. The molecule has 100 valence electrons. The molecule has 0 aliphatic carbocycles. The first-order valence-electron chi connectivity index (χ1n) is 7.01. The molecule has 18 heavy (non-hydrogen) atoms. The normalized spacial score (nSPS) is 24.1. The summed E-state index contributed by atoms with van der Waals surface area (Å²) in [6, 6.07) is 0. The summed E-state index contributed by atoms with van der Waals surface area (Å²) in [5.74, 6) is 3.44. The van der Waals surface area contributed by atoms with Crippen molar-refractivity contribution >= 4 is 11.6 Å². The molecule has 1 aliphatic heterocycles. The van der Waals surface area contributed by atoms with Crippen LogP contribution in [0.1, 0.15) is 33.6 Å². The summed E-state index contributed by atoms with van der Waals surface area (Å²) >= 11 is 0. The van der Waals surface area contributed by atoms with Crippen LogP contribution in [-0.2, 0) is 0 Å². The zero-order chi connectivity index (χ0) is 13.0. The number of nitrogens with zero attached hydrogens (tertiary/aromatic N) is 3. The van der Waals surface area contributed by atoms with E-state index in [4.69, 9.17) is 0 Å². The average Bonchev–Trinajstić information content (AvgIpc) is 2.40. The Kier molecular flexibility index (Phi) is 4.39. The van der Waals surface area contributed by atoms with Crippen LogP contribution in [0.3, 0.4) is 0 Å². The average molecular weight is 248 g/mol. The SMILES string of the molecule is CCCNc1cncc(N2CCC(C)C(C)C2)n1. The maximum absolute atomic E-state index is 4.65. The first kappa shape index (κ1) is 13.1. The molecule has 0 amide bonds. The molecule has 0 aromatic carbocycles. The number of piperidine rings is 1. The van der Waals surface area contributed by atoms with Gasteiger partial charge < -0.3 is 10.2 Å². The van der Waals surface area contributed by atoms with Crippen molar-refractivity contribution < 1.29 is 0 Å². The molecule has 1 aliphatic rings. The second kappa shape index (κ2) is 6.03. The first-order valence-corrected chi connectivity index (χ1v) is 7.01. The Morgan fingerprint density at radius 2 is 2.17 bits per heavy atom. The Labute approximate surface area is 110 Å². The monoisotopic (exact) mass is 248 g/mol. The van der Waals surface area contributed by atoms with E-state index in [1.165, 1.54) is 6.42 Å². The van der Waals surface area contributed by atoms with Crippen LogP contribution < -0.4 is 10.2 Å². The summed E-state index contributed by atoms with van der Waals surface area (Å²) < 4.78 is 0. The van der Waals surface area contributed by atoms with Crippen LogP contribution in [0.25, 0.3) is 0 Å². The topological polar surface area (TPSA) is 41.1 Å². The highest BCUT2D eigenvalue weighted by atomic mass is 15.2. The van der Waals surface area contributed by atoms with Crippen LogP contribution in [0.15, 0.2) is 12.4 Å². The van der Waals surface area contributed by atoms with Gasteiger partial charge in [0.1, 0.15) is 11.6 Å². The molecule has 1 aromatic heterocycles. The fourth-order valence-electron chi connectivity index (χ4n) is 2.32. The Morgan fingerprint density at radius 3 is 2.89 bits per heavy atom. The van der Waals surface area contributed by atoms with Crippen molar-refractivity contribution in [2.45, 2.75) is 33.6 Å². The summed E-state index contributed by atoms with van der Waals surface area (Å²) in [5.41, 5.74) is 0. The van der Waals surface area contributed by atoms with Crippen molar-refractivity contribution in [3.63, 3.8) is 0 Å². The fourth-order valence-corrected chi connectivity index (χ4v) is 2.32. The number of hydrogen-bond donors (Lipinski definition) is 1. The van der Waals surface area contributed by atoms with Crippen molar-refractivity contribution in [3.8, 4) is 0 Å². The van der Waals surface area contributed by atoms with Gasteiger partial charge in [0.25, 0.3) is 0 Å². The molecule has 4 heteroatoms. The molecular formula is C14H24N4. The first-order chi connectivity index (χ1) is 8.70. The molecule has 4 nitrogen and oxygen atoms in total. The molecule has 1 N–H and O–H groups in total. The molecule has 0 saturated carbocycles. The molecule has 0 spiro atoms. The van der Waals surface area contributed by atoms with E-state index in [2.05, 4.69) is 41.0 Å². The molecule has 1 fully saturated rings. The highest BCUT2D eigenvalue weighted by Crippen LogP contribution is 2.25. The van der Waals surface area contributed by atoms with Crippen LogP contribution in [-0.4, -0.2) is 29.6 Å². The van der Waals surface area contributed by atoms with Gasteiger partial charge in [0.05, 0.1) is 12.4 Å². The lowest BCUT2D eigenvalue weighted by atomic mass is 9.89. The van der Waals surface area contributed by atoms with E-state index in [0.717, 1.165) is 49.5 Å². The van der Waals surface area contributed by atoms with Gasteiger partial charge in [0, 0.05) is 19.6 Å². The molecular weight excluding hydrogens is 224 g/mol. The predicted molar refractivity (Wildman–Crippen MR) is 76.0 cm³/mol. The lowest BCUT2D eigenvalue weighted by Gasteiger charge is -2.35. The van der Waals surface area contributed by atoms with Crippen LogP contribution in [0.4, 0.5) is 11.6 Å². The van der Waals surface area contributed by atoms with Crippen LogP contribution in [0.5, 0.6) is 0 Å². The Balaban J connectivity index is 2.04. The minimum atomic E-state index is 0.729. The predicted octanol–water partition coefficient (Wildman–Crippen LogP) is 2.78. The molecule has 2 heterocycles. The summed E-state index contributed by atoms with van der Waals surface area (Å²) in [4.78, 5) is 11.3. The van der Waals surface area contributed by atoms with Gasteiger partial charge in [0.2, 0.25) is 0 Å². The van der Waals surface area contributed by atoms with Crippen LogP contribution in [0, 0.1) is 11.8 Å². The van der Waals surface area contributed by atoms with E-state index in [9.17, 15) is 0 Å². The van der Waals surface area contributed by atoms with Gasteiger partial charge in [-0.25, -0.2) is 4.98 Å². The number of nitrogens with one attached hydrogen (secondary N) is 1. The quantitative estimate of drug-likeness (QED) is 0.889.